The Bertz CT molecular complexity index is 363. The number of aliphatic hydroxyl groups excluding tert-OH is 1. The van der Waals surface area contributed by atoms with Gasteiger partial charge in [0.1, 0.15) is 0 Å². The number of carbonyl (C=O) groups is 1. The molecule has 1 fully saturated rings. The quantitative estimate of drug-likeness (QED) is 0.740. The Morgan fingerprint density at radius 3 is 2.53 bits per heavy atom. The molecule has 0 aromatic heterocycles. The van der Waals surface area contributed by atoms with E-state index in [1.54, 1.807) is 4.90 Å². The molecule has 0 radical (unpaired) electrons. The molecule has 0 aliphatic carbocycles. The normalized spacial score (nSPS) is 21.1. The molecule has 1 unspecified atom stereocenters. The van der Waals surface area contributed by atoms with E-state index in [4.69, 9.17) is 5.11 Å². The first kappa shape index (κ1) is 10.5. The molecule has 1 aliphatic rings. The van der Waals surface area contributed by atoms with Crippen molar-refractivity contribution in [2.24, 2.45) is 0 Å². The zero-order valence-electron chi connectivity index (χ0n) is 8.26. The van der Waals surface area contributed by atoms with Gasteiger partial charge in [-0.15, -0.1) is 0 Å². The first-order valence-electron chi connectivity index (χ1n) is 4.89. The van der Waals surface area contributed by atoms with Crippen LogP contribution >= 0.6 is 12.6 Å². The van der Waals surface area contributed by atoms with Crippen molar-refractivity contribution in [3.05, 3.63) is 29.8 Å². The third-order valence-electron chi connectivity index (χ3n) is 2.54. The van der Waals surface area contributed by atoms with Crippen LogP contribution in [0.15, 0.2) is 24.3 Å². The standard InChI is InChI=1S/C11H13NO2S/c13-7-8-1-3-9(4-2-8)12-6-10(15)5-11(12)14/h1-4,10,13,15H,5-7H2. The zero-order valence-corrected chi connectivity index (χ0v) is 9.15. The second-order valence-electron chi connectivity index (χ2n) is 3.69. The minimum atomic E-state index is 0.0312. The summed E-state index contributed by atoms with van der Waals surface area (Å²) < 4.78 is 0. The van der Waals surface area contributed by atoms with Crippen LogP contribution < -0.4 is 4.90 Å². The number of anilines is 1. The van der Waals surface area contributed by atoms with Crippen molar-refractivity contribution in [2.45, 2.75) is 18.3 Å². The summed E-state index contributed by atoms with van der Waals surface area (Å²) in [6, 6.07) is 7.37. The topological polar surface area (TPSA) is 40.5 Å². The fourth-order valence-corrected chi connectivity index (χ4v) is 2.04. The van der Waals surface area contributed by atoms with E-state index in [1.807, 2.05) is 24.3 Å². The van der Waals surface area contributed by atoms with Gasteiger partial charge in [0.2, 0.25) is 5.91 Å². The van der Waals surface area contributed by atoms with Gasteiger partial charge in [-0.05, 0) is 17.7 Å². The van der Waals surface area contributed by atoms with Crippen molar-refractivity contribution in [1.29, 1.82) is 0 Å². The number of nitrogens with zero attached hydrogens (tertiary/aromatic N) is 1. The van der Waals surface area contributed by atoms with Crippen LogP contribution in [-0.2, 0) is 11.4 Å². The average Bonchev–Trinajstić information content (AvgIpc) is 2.58. The summed E-state index contributed by atoms with van der Waals surface area (Å²) >= 11 is 4.30. The van der Waals surface area contributed by atoms with E-state index >= 15 is 0 Å². The number of amides is 1. The van der Waals surface area contributed by atoms with E-state index in [-0.39, 0.29) is 17.8 Å². The van der Waals surface area contributed by atoms with E-state index in [0.29, 0.717) is 13.0 Å². The van der Waals surface area contributed by atoms with Gasteiger partial charge in [0, 0.05) is 23.9 Å². The number of hydrogen-bond donors (Lipinski definition) is 2. The predicted octanol–water partition coefficient (Wildman–Crippen LogP) is 1.21. The molecule has 1 heterocycles. The molecule has 1 aliphatic heterocycles. The third-order valence-corrected chi connectivity index (χ3v) is 2.88. The van der Waals surface area contributed by atoms with Crippen LogP contribution in [0.25, 0.3) is 0 Å². The van der Waals surface area contributed by atoms with Gasteiger partial charge in [-0.3, -0.25) is 4.79 Å². The molecular formula is C11H13NO2S. The SMILES string of the molecule is O=C1CC(S)CN1c1ccc(CO)cc1. The minimum absolute atomic E-state index is 0.0312. The monoisotopic (exact) mass is 223 g/mol. The van der Waals surface area contributed by atoms with Crippen LogP contribution in [0.5, 0.6) is 0 Å². The van der Waals surface area contributed by atoms with Gasteiger partial charge in [-0.1, -0.05) is 12.1 Å². The molecule has 0 bridgehead atoms. The molecule has 15 heavy (non-hydrogen) atoms. The number of benzene rings is 1. The fraction of sp³-hybridized carbons (Fsp3) is 0.364. The Morgan fingerprint density at radius 2 is 2.07 bits per heavy atom. The smallest absolute Gasteiger partial charge is 0.228 e. The highest BCUT2D eigenvalue weighted by Crippen LogP contribution is 2.24. The first-order chi connectivity index (χ1) is 7.20. The van der Waals surface area contributed by atoms with Crippen LogP contribution in [0.1, 0.15) is 12.0 Å². The minimum Gasteiger partial charge on any atom is -0.392 e. The molecule has 0 saturated carbocycles. The fourth-order valence-electron chi connectivity index (χ4n) is 1.72. The van der Waals surface area contributed by atoms with Crippen LogP contribution in [0.2, 0.25) is 0 Å². The van der Waals surface area contributed by atoms with Crippen molar-refractivity contribution in [3.8, 4) is 0 Å². The van der Waals surface area contributed by atoms with E-state index in [9.17, 15) is 4.79 Å². The van der Waals surface area contributed by atoms with Crippen molar-refractivity contribution in [3.63, 3.8) is 0 Å². The number of rotatable bonds is 2. The first-order valence-corrected chi connectivity index (χ1v) is 5.40. The van der Waals surface area contributed by atoms with Crippen molar-refractivity contribution >= 4 is 24.2 Å². The van der Waals surface area contributed by atoms with Crippen molar-refractivity contribution in [1.82, 2.24) is 0 Å². The highest BCUT2D eigenvalue weighted by atomic mass is 32.1. The number of thiol groups is 1. The third kappa shape index (κ3) is 2.16. The van der Waals surface area contributed by atoms with Gasteiger partial charge in [0.05, 0.1) is 6.61 Å². The highest BCUT2D eigenvalue weighted by molar-refractivity contribution is 7.81. The zero-order chi connectivity index (χ0) is 10.8. The number of aliphatic hydroxyl groups is 1. The molecule has 1 atom stereocenters. The average molecular weight is 223 g/mol. The maximum atomic E-state index is 11.6. The second kappa shape index (κ2) is 4.24. The van der Waals surface area contributed by atoms with E-state index in [0.717, 1.165) is 11.3 Å². The Hall–Kier alpha value is -1.00. The Labute approximate surface area is 94.1 Å². The molecule has 2 rings (SSSR count). The molecule has 1 amide bonds. The summed E-state index contributed by atoms with van der Waals surface area (Å²) in [4.78, 5) is 13.3. The lowest BCUT2D eigenvalue weighted by molar-refractivity contribution is -0.117. The molecule has 80 valence electrons. The molecule has 0 spiro atoms. The lowest BCUT2D eigenvalue weighted by Gasteiger charge is -2.16. The van der Waals surface area contributed by atoms with Crippen molar-refractivity contribution < 1.29 is 9.90 Å². The Balaban J connectivity index is 2.19. The van der Waals surface area contributed by atoms with Crippen molar-refractivity contribution in [2.75, 3.05) is 11.4 Å². The van der Waals surface area contributed by atoms with E-state index in [2.05, 4.69) is 12.6 Å². The molecule has 1 aromatic carbocycles. The molecule has 1 N–H and O–H groups in total. The summed E-state index contributed by atoms with van der Waals surface area (Å²) in [5, 5.41) is 9.03. The summed E-state index contributed by atoms with van der Waals surface area (Å²) in [6.45, 7) is 0.698. The predicted molar refractivity (Wildman–Crippen MR) is 62.1 cm³/mol. The largest absolute Gasteiger partial charge is 0.392 e. The number of carbonyl (C=O) groups excluding carboxylic acids is 1. The van der Waals surface area contributed by atoms with Crippen LogP contribution in [0, 0.1) is 0 Å². The highest BCUT2D eigenvalue weighted by Gasteiger charge is 2.27. The molecule has 1 aromatic rings. The lowest BCUT2D eigenvalue weighted by Crippen LogP contribution is -2.24. The van der Waals surface area contributed by atoms with Crippen LogP contribution in [0.3, 0.4) is 0 Å². The van der Waals surface area contributed by atoms with Gasteiger partial charge in [-0.2, -0.15) is 12.6 Å². The van der Waals surface area contributed by atoms with Gasteiger partial charge >= 0.3 is 0 Å². The summed E-state index contributed by atoms with van der Waals surface area (Å²) in [7, 11) is 0. The van der Waals surface area contributed by atoms with Gasteiger partial charge < -0.3 is 10.0 Å². The molecule has 1 saturated heterocycles. The second-order valence-corrected chi connectivity index (χ2v) is 4.42. The van der Waals surface area contributed by atoms with E-state index < -0.39 is 0 Å². The van der Waals surface area contributed by atoms with Gasteiger partial charge in [0.15, 0.2) is 0 Å². The maximum Gasteiger partial charge on any atom is 0.228 e. The van der Waals surface area contributed by atoms with Gasteiger partial charge in [0.25, 0.3) is 0 Å². The summed E-state index contributed by atoms with van der Waals surface area (Å²) in [6.07, 6.45) is 0.505. The Morgan fingerprint density at radius 1 is 1.40 bits per heavy atom. The summed E-state index contributed by atoms with van der Waals surface area (Å²) in [5.41, 5.74) is 1.74. The Kier molecular flexibility index (Phi) is 2.98. The molecular weight excluding hydrogens is 210 g/mol. The molecule has 4 heteroatoms. The number of hydrogen-bond acceptors (Lipinski definition) is 3. The van der Waals surface area contributed by atoms with E-state index in [1.165, 1.54) is 0 Å². The van der Waals surface area contributed by atoms with Crippen LogP contribution in [-0.4, -0.2) is 22.8 Å². The molecule has 3 nitrogen and oxygen atoms in total. The van der Waals surface area contributed by atoms with Crippen LogP contribution in [0.4, 0.5) is 5.69 Å². The maximum absolute atomic E-state index is 11.6. The summed E-state index contributed by atoms with van der Waals surface area (Å²) in [5.74, 6) is 0.117. The lowest BCUT2D eigenvalue weighted by atomic mass is 10.2. The van der Waals surface area contributed by atoms with Gasteiger partial charge in [-0.25, -0.2) is 0 Å².